The Morgan fingerprint density at radius 3 is 2.21 bits per heavy atom. The second-order valence-electron chi connectivity index (χ2n) is 6.60. The number of ketones is 2. The topological polar surface area (TPSA) is 59.2 Å². The van der Waals surface area contributed by atoms with Crippen molar-refractivity contribution in [3.63, 3.8) is 0 Å². The molecule has 138 valence electrons. The molecule has 3 aromatic carbocycles. The van der Waals surface area contributed by atoms with Crippen LogP contribution in [0.4, 0.5) is 0 Å². The SMILES string of the molecule is Cc1[nH]c2ccccc2c1C(=O)COc1ccc(C(=O)c2ccccc2)cc1. The fourth-order valence-corrected chi connectivity index (χ4v) is 3.32. The zero-order chi connectivity index (χ0) is 19.5. The number of H-pyrrole nitrogens is 1. The summed E-state index contributed by atoms with van der Waals surface area (Å²) < 4.78 is 5.66. The van der Waals surface area contributed by atoms with Gasteiger partial charge < -0.3 is 9.72 Å². The molecule has 0 bridgehead atoms. The Kier molecular flexibility index (Phi) is 4.77. The first kappa shape index (κ1) is 17.7. The summed E-state index contributed by atoms with van der Waals surface area (Å²) in [7, 11) is 0. The van der Waals surface area contributed by atoms with E-state index in [0.717, 1.165) is 16.6 Å². The Hall–Kier alpha value is -3.66. The second-order valence-corrected chi connectivity index (χ2v) is 6.60. The molecule has 0 saturated heterocycles. The minimum atomic E-state index is -0.0839. The van der Waals surface area contributed by atoms with Gasteiger partial charge in [-0.05, 0) is 37.3 Å². The summed E-state index contributed by atoms with van der Waals surface area (Å²) in [4.78, 5) is 28.3. The van der Waals surface area contributed by atoms with Crippen LogP contribution in [0.25, 0.3) is 10.9 Å². The van der Waals surface area contributed by atoms with Crippen LogP contribution in [0.3, 0.4) is 0 Å². The van der Waals surface area contributed by atoms with E-state index >= 15 is 0 Å². The van der Waals surface area contributed by atoms with Crippen LogP contribution in [0, 0.1) is 6.92 Å². The normalized spacial score (nSPS) is 10.8. The Morgan fingerprint density at radius 2 is 1.46 bits per heavy atom. The van der Waals surface area contributed by atoms with Gasteiger partial charge in [-0.3, -0.25) is 9.59 Å². The van der Waals surface area contributed by atoms with Crippen LogP contribution in [-0.4, -0.2) is 23.2 Å². The maximum atomic E-state index is 12.7. The predicted octanol–water partition coefficient (Wildman–Crippen LogP) is 4.97. The molecule has 0 fully saturated rings. The lowest BCUT2D eigenvalue weighted by atomic mass is 10.0. The van der Waals surface area contributed by atoms with Crippen LogP contribution < -0.4 is 4.74 Å². The molecule has 0 amide bonds. The van der Waals surface area contributed by atoms with Crippen molar-refractivity contribution in [1.29, 1.82) is 0 Å². The highest BCUT2D eigenvalue weighted by Crippen LogP contribution is 2.23. The fraction of sp³-hybridized carbons (Fsp3) is 0.0833. The smallest absolute Gasteiger partial charge is 0.202 e. The molecule has 4 nitrogen and oxygen atoms in total. The number of benzene rings is 3. The lowest BCUT2D eigenvalue weighted by molar-refractivity contribution is 0.0921. The van der Waals surface area contributed by atoms with E-state index in [4.69, 9.17) is 4.74 Å². The number of rotatable bonds is 6. The molecule has 0 aliphatic rings. The number of hydrogen-bond donors (Lipinski definition) is 1. The molecule has 0 spiro atoms. The summed E-state index contributed by atoms with van der Waals surface area (Å²) in [5, 5.41) is 0.900. The van der Waals surface area contributed by atoms with Crippen molar-refractivity contribution in [2.24, 2.45) is 0 Å². The summed E-state index contributed by atoms with van der Waals surface area (Å²) in [6.07, 6.45) is 0. The lowest BCUT2D eigenvalue weighted by Crippen LogP contribution is -2.12. The van der Waals surface area contributed by atoms with Crippen molar-refractivity contribution in [1.82, 2.24) is 4.98 Å². The first-order chi connectivity index (χ1) is 13.6. The van der Waals surface area contributed by atoms with Crippen LogP contribution >= 0.6 is 0 Å². The zero-order valence-electron chi connectivity index (χ0n) is 15.4. The molecule has 1 aromatic heterocycles. The minimum absolute atomic E-state index is 0.0438. The Balaban J connectivity index is 1.46. The number of ether oxygens (including phenoxy) is 1. The van der Waals surface area contributed by atoms with Crippen LogP contribution in [-0.2, 0) is 0 Å². The number of aromatic amines is 1. The number of para-hydroxylation sites is 1. The quantitative estimate of drug-likeness (QED) is 0.488. The van der Waals surface area contributed by atoms with E-state index in [1.54, 1.807) is 36.4 Å². The average Bonchev–Trinajstić information content (AvgIpc) is 3.08. The molecule has 1 N–H and O–H groups in total. The van der Waals surface area contributed by atoms with Crippen molar-refractivity contribution in [3.05, 3.63) is 101 Å². The van der Waals surface area contributed by atoms with E-state index in [-0.39, 0.29) is 18.2 Å². The monoisotopic (exact) mass is 369 g/mol. The first-order valence-corrected chi connectivity index (χ1v) is 9.06. The molecule has 4 heteroatoms. The lowest BCUT2D eigenvalue weighted by Gasteiger charge is -2.07. The molecular formula is C24H19NO3. The zero-order valence-corrected chi connectivity index (χ0v) is 15.4. The molecule has 0 radical (unpaired) electrons. The van der Waals surface area contributed by atoms with E-state index in [1.807, 2.05) is 49.4 Å². The number of fused-ring (bicyclic) bond motifs is 1. The maximum absolute atomic E-state index is 12.7. The van der Waals surface area contributed by atoms with Crippen LogP contribution in [0.2, 0.25) is 0 Å². The molecule has 4 rings (SSSR count). The highest BCUT2D eigenvalue weighted by atomic mass is 16.5. The van der Waals surface area contributed by atoms with Gasteiger partial charge >= 0.3 is 0 Å². The van der Waals surface area contributed by atoms with Crippen LogP contribution in [0.15, 0.2) is 78.9 Å². The van der Waals surface area contributed by atoms with Gasteiger partial charge in [-0.25, -0.2) is 0 Å². The van der Waals surface area contributed by atoms with Crippen LogP contribution in [0.5, 0.6) is 5.75 Å². The van der Waals surface area contributed by atoms with Gasteiger partial charge in [0.1, 0.15) is 5.75 Å². The van der Waals surface area contributed by atoms with Crippen molar-refractivity contribution in [3.8, 4) is 5.75 Å². The van der Waals surface area contributed by atoms with Gasteiger partial charge in [0.15, 0.2) is 12.4 Å². The molecule has 0 atom stereocenters. The standard InChI is InChI=1S/C24H19NO3/c1-16-23(20-9-5-6-10-21(20)25-16)22(26)15-28-19-13-11-18(12-14-19)24(27)17-7-3-2-4-8-17/h2-14,25H,15H2,1H3. The van der Waals surface area contributed by atoms with Crippen molar-refractivity contribution >= 4 is 22.5 Å². The molecule has 0 aliphatic heterocycles. The third-order valence-corrected chi connectivity index (χ3v) is 4.69. The van der Waals surface area contributed by atoms with Gasteiger partial charge in [0.05, 0.1) is 0 Å². The maximum Gasteiger partial charge on any atom is 0.202 e. The Labute approximate surface area is 162 Å². The summed E-state index contributed by atoms with van der Waals surface area (Å²) in [5.41, 5.74) is 3.65. The number of carbonyl (C=O) groups is 2. The number of aryl methyl sites for hydroxylation is 1. The fourth-order valence-electron chi connectivity index (χ4n) is 3.32. The van der Waals surface area contributed by atoms with Gasteiger partial charge in [-0.1, -0.05) is 48.5 Å². The highest BCUT2D eigenvalue weighted by Gasteiger charge is 2.16. The van der Waals surface area contributed by atoms with Crippen molar-refractivity contribution < 1.29 is 14.3 Å². The molecule has 0 unspecified atom stereocenters. The third-order valence-electron chi connectivity index (χ3n) is 4.69. The number of Topliss-reactive ketones (excluding diaryl/α,β-unsaturated/α-hetero) is 1. The van der Waals surface area contributed by atoms with E-state index in [1.165, 1.54) is 0 Å². The molecule has 0 saturated carbocycles. The molecule has 4 aromatic rings. The van der Waals surface area contributed by atoms with Gasteiger partial charge in [0.25, 0.3) is 0 Å². The van der Waals surface area contributed by atoms with Gasteiger partial charge in [-0.15, -0.1) is 0 Å². The van der Waals surface area contributed by atoms with Gasteiger partial charge in [0, 0.05) is 33.3 Å². The number of hydrogen-bond acceptors (Lipinski definition) is 3. The molecule has 0 aliphatic carbocycles. The summed E-state index contributed by atoms with van der Waals surface area (Å²) in [6.45, 7) is 1.83. The molecule has 1 heterocycles. The number of aromatic nitrogens is 1. The summed E-state index contributed by atoms with van der Waals surface area (Å²) >= 11 is 0. The van der Waals surface area contributed by atoms with Gasteiger partial charge in [0.2, 0.25) is 5.78 Å². The second kappa shape index (κ2) is 7.53. The molecular weight excluding hydrogens is 350 g/mol. The average molecular weight is 369 g/mol. The highest BCUT2D eigenvalue weighted by molar-refractivity contribution is 6.10. The number of carbonyl (C=O) groups excluding carboxylic acids is 2. The Morgan fingerprint density at radius 1 is 0.821 bits per heavy atom. The predicted molar refractivity (Wildman–Crippen MR) is 109 cm³/mol. The number of nitrogens with one attached hydrogen (secondary N) is 1. The van der Waals surface area contributed by atoms with E-state index in [0.29, 0.717) is 22.4 Å². The minimum Gasteiger partial charge on any atom is -0.485 e. The van der Waals surface area contributed by atoms with Crippen molar-refractivity contribution in [2.45, 2.75) is 6.92 Å². The molecule has 28 heavy (non-hydrogen) atoms. The van der Waals surface area contributed by atoms with Crippen LogP contribution in [0.1, 0.15) is 32.0 Å². The summed E-state index contributed by atoms with van der Waals surface area (Å²) in [5.74, 6) is 0.424. The third kappa shape index (κ3) is 3.45. The Bertz CT molecular complexity index is 1140. The van der Waals surface area contributed by atoms with E-state index in [9.17, 15) is 9.59 Å². The largest absolute Gasteiger partial charge is 0.485 e. The van der Waals surface area contributed by atoms with Gasteiger partial charge in [-0.2, -0.15) is 0 Å². The van der Waals surface area contributed by atoms with E-state index < -0.39 is 0 Å². The summed E-state index contributed by atoms with van der Waals surface area (Å²) in [6, 6.07) is 23.7. The van der Waals surface area contributed by atoms with Crippen molar-refractivity contribution in [2.75, 3.05) is 6.61 Å². The first-order valence-electron chi connectivity index (χ1n) is 9.06. The van der Waals surface area contributed by atoms with E-state index in [2.05, 4.69) is 4.98 Å².